The van der Waals surface area contributed by atoms with E-state index >= 15 is 0 Å². The number of piperidine rings is 1. The fourth-order valence-electron chi connectivity index (χ4n) is 4.02. The lowest BCUT2D eigenvalue weighted by Gasteiger charge is -2.29. The Kier molecular flexibility index (Phi) is 7.44. The minimum absolute atomic E-state index is 0.0251. The maximum absolute atomic E-state index is 12.6. The number of nitrogens with one attached hydrogen (secondary N) is 1. The molecule has 1 saturated heterocycles. The van der Waals surface area contributed by atoms with Crippen molar-refractivity contribution in [3.63, 3.8) is 0 Å². The Morgan fingerprint density at radius 3 is 2.58 bits per heavy atom. The number of rotatable bonds is 9. The summed E-state index contributed by atoms with van der Waals surface area (Å²) in [5.74, 6) is 1.50. The summed E-state index contributed by atoms with van der Waals surface area (Å²) in [6.07, 6.45) is 2.46. The van der Waals surface area contributed by atoms with Gasteiger partial charge >= 0.3 is 6.01 Å². The zero-order chi connectivity index (χ0) is 23.0. The largest absolute Gasteiger partial charge is 0.497 e. The van der Waals surface area contributed by atoms with Crippen LogP contribution in [0.5, 0.6) is 5.75 Å². The molecule has 8 heteroatoms. The van der Waals surface area contributed by atoms with Gasteiger partial charge in [-0.15, -0.1) is 0 Å². The molecule has 1 aromatic heterocycles. The highest BCUT2D eigenvalue weighted by Crippen LogP contribution is 2.26. The van der Waals surface area contributed by atoms with Crippen LogP contribution < -0.4 is 19.9 Å². The van der Waals surface area contributed by atoms with Crippen molar-refractivity contribution in [2.24, 2.45) is 5.92 Å². The van der Waals surface area contributed by atoms with Crippen LogP contribution >= 0.6 is 0 Å². The standard InChI is InChI=1S/C25H31N5O3/c1-29(21-7-4-3-5-8-21)16-6-15-26-24(31)20-13-17-30(18-14-20)25-27-23(28-33-25)19-9-11-22(32-2)12-10-19/h3-5,7-12,20H,6,13-18H2,1-2H3,(H,26,31). The maximum atomic E-state index is 12.6. The number of carbonyl (C=O) groups excluding carboxylic acids is 1. The van der Waals surface area contributed by atoms with Crippen LogP contribution in [0.4, 0.5) is 11.7 Å². The van der Waals surface area contributed by atoms with Crippen LogP contribution in [0, 0.1) is 5.92 Å². The molecule has 0 atom stereocenters. The monoisotopic (exact) mass is 449 g/mol. The Morgan fingerprint density at radius 1 is 1.15 bits per heavy atom. The highest BCUT2D eigenvalue weighted by atomic mass is 16.5. The van der Waals surface area contributed by atoms with Crippen LogP contribution in [-0.2, 0) is 4.79 Å². The van der Waals surface area contributed by atoms with Crippen molar-refractivity contribution in [2.45, 2.75) is 19.3 Å². The van der Waals surface area contributed by atoms with E-state index < -0.39 is 0 Å². The molecule has 0 unspecified atom stereocenters. The van der Waals surface area contributed by atoms with Gasteiger partial charge in [0.05, 0.1) is 7.11 Å². The molecule has 33 heavy (non-hydrogen) atoms. The van der Waals surface area contributed by atoms with Gasteiger partial charge in [0.15, 0.2) is 0 Å². The van der Waals surface area contributed by atoms with Gasteiger partial charge in [0.1, 0.15) is 5.75 Å². The van der Waals surface area contributed by atoms with Crippen molar-refractivity contribution in [3.05, 3.63) is 54.6 Å². The second-order valence-corrected chi connectivity index (χ2v) is 8.29. The molecule has 8 nitrogen and oxygen atoms in total. The lowest BCUT2D eigenvalue weighted by molar-refractivity contribution is -0.125. The smallest absolute Gasteiger partial charge is 0.324 e. The summed E-state index contributed by atoms with van der Waals surface area (Å²) < 4.78 is 10.7. The molecule has 3 aromatic rings. The highest BCUT2D eigenvalue weighted by Gasteiger charge is 2.27. The average Bonchev–Trinajstić information content (AvgIpc) is 3.37. The summed E-state index contributed by atoms with van der Waals surface area (Å²) in [6, 6.07) is 18.3. The molecule has 1 aliphatic rings. The van der Waals surface area contributed by atoms with Gasteiger partial charge in [-0.1, -0.05) is 23.4 Å². The van der Waals surface area contributed by atoms with Gasteiger partial charge in [0, 0.05) is 50.4 Å². The molecule has 0 saturated carbocycles. The van der Waals surface area contributed by atoms with Gasteiger partial charge in [-0.25, -0.2) is 0 Å². The van der Waals surface area contributed by atoms with Crippen LogP contribution in [0.15, 0.2) is 59.1 Å². The van der Waals surface area contributed by atoms with Gasteiger partial charge in [-0.2, -0.15) is 4.98 Å². The quantitative estimate of drug-likeness (QED) is 0.500. The Hall–Kier alpha value is -3.55. The predicted molar refractivity (Wildman–Crippen MR) is 129 cm³/mol. The number of methoxy groups -OCH3 is 1. The number of para-hydroxylation sites is 1. The summed E-state index contributed by atoms with van der Waals surface area (Å²) in [5, 5.41) is 7.21. The lowest BCUT2D eigenvalue weighted by atomic mass is 9.96. The fourth-order valence-corrected chi connectivity index (χ4v) is 4.02. The third-order valence-corrected chi connectivity index (χ3v) is 6.07. The second-order valence-electron chi connectivity index (χ2n) is 8.29. The van der Waals surface area contributed by atoms with E-state index in [1.165, 1.54) is 5.69 Å². The minimum Gasteiger partial charge on any atom is -0.497 e. The fraction of sp³-hybridized carbons (Fsp3) is 0.400. The van der Waals surface area contributed by atoms with E-state index in [-0.39, 0.29) is 11.8 Å². The molecule has 2 heterocycles. The van der Waals surface area contributed by atoms with Crippen molar-refractivity contribution in [2.75, 3.05) is 50.1 Å². The molecule has 2 aromatic carbocycles. The zero-order valence-corrected chi connectivity index (χ0v) is 19.2. The van der Waals surface area contributed by atoms with Crippen LogP contribution in [0.25, 0.3) is 11.4 Å². The molecule has 0 bridgehead atoms. The van der Waals surface area contributed by atoms with Gasteiger partial charge in [-0.05, 0) is 55.7 Å². The Balaban J connectivity index is 1.19. The first-order valence-electron chi connectivity index (χ1n) is 11.4. The molecule has 1 amide bonds. The molecule has 1 aliphatic heterocycles. The normalized spacial score (nSPS) is 14.2. The third kappa shape index (κ3) is 5.83. The number of benzene rings is 2. The number of carbonyl (C=O) groups is 1. The first-order chi connectivity index (χ1) is 16.1. The van der Waals surface area contributed by atoms with Gasteiger partial charge < -0.3 is 24.4 Å². The first-order valence-corrected chi connectivity index (χ1v) is 11.4. The number of anilines is 2. The lowest BCUT2D eigenvalue weighted by Crippen LogP contribution is -2.41. The predicted octanol–water partition coefficient (Wildman–Crippen LogP) is 3.60. The molecule has 4 rings (SSSR count). The van der Waals surface area contributed by atoms with E-state index in [9.17, 15) is 4.79 Å². The van der Waals surface area contributed by atoms with Crippen molar-refractivity contribution in [3.8, 4) is 17.1 Å². The molecule has 1 fully saturated rings. The van der Waals surface area contributed by atoms with Crippen molar-refractivity contribution in [1.29, 1.82) is 0 Å². The second kappa shape index (κ2) is 10.8. The highest BCUT2D eigenvalue weighted by molar-refractivity contribution is 5.78. The molecular formula is C25H31N5O3. The first kappa shape index (κ1) is 22.6. The van der Waals surface area contributed by atoms with Gasteiger partial charge in [0.25, 0.3) is 0 Å². The summed E-state index contributed by atoms with van der Waals surface area (Å²) in [4.78, 5) is 21.4. The van der Waals surface area contributed by atoms with Crippen molar-refractivity contribution >= 4 is 17.6 Å². The Morgan fingerprint density at radius 2 is 1.88 bits per heavy atom. The number of hydrogen-bond acceptors (Lipinski definition) is 7. The molecular weight excluding hydrogens is 418 g/mol. The minimum atomic E-state index is 0.0251. The van der Waals surface area contributed by atoms with Crippen LogP contribution in [0.1, 0.15) is 19.3 Å². The number of aromatic nitrogens is 2. The van der Waals surface area contributed by atoms with E-state index in [0.29, 0.717) is 18.4 Å². The Bertz CT molecular complexity index is 1010. The number of nitrogens with zero attached hydrogens (tertiary/aromatic N) is 4. The van der Waals surface area contributed by atoms with Gasteiger partial charge in [0.2, 0.25) is 11.7 Å². The third-order valence-electron chi connectivity index (χ3n) is 6.07. The Labute approximate surface area is 194 Å². The summed E-state index contributed by atoms with van der Waals surface area (Å²) in [5.41, 5.74) is 2.06. The topological polar surface area (TPSA) is 83.7 Å². The molecule has 0 aliphatic carbocycles. The number of amides is 1. The summed E-state index contributed by atoms with van der Waals surface area (Å²) >= 11 is 0. The van der Waals surface area contributed by atoms with Crippen LogP contribution in [0.3, 0.4) is 0 Å². The number of ether oxygens (including phenoxy) is 1. The molecule has 1 N–H and O–H groups in total. The average molecular weight is 450 g/mol. The van der Waals surface area contributed by atoms with Crippen molar-refractivity contribution < 1.29 is 14.1 Å². The summed E-state index contributed by atoms with van der Waals surface area (Å²) in [7, 11) is 3.71. The van der Waals surface area contributed by atoms with E-state index in [4.69, 9.17) is 9.26 Å². The number of hydrogen-bond donors (Lipinski definition) is 1. The van der Waals surface area contributed by atoms with E-state index in [0.717, 1.165) is 50.2 Å². The van der Waals surface area contributed by atoms with Crippen LogP contribution in [-0.4, -0.2) is 56.4 Å². The summed E-state index contributed by atoms with van der Waals surface area (Å²) in [6.45, 7) is 3.03. The van der Waals surface area contributed by atoms with Crippen molar-refractivity contribution in [1.82, 2.24) is 15.5 Å². The molecule has 174 valence electrons. The maximum Gasteiger partial charge on any atom is 0.324 e. The molecule has 0 spiro atoms. The SMILES string of the molecule is COc1ccc(-c2noc(N3CCC(C(=O)NCCCN(C)c4ccccc4)CC3)n2)cc1. The molecule has 0 radical (unpaired) electrons. The van der Waals surface area contributed by atoms with E-state index in [1.807, 2.05) is 42.5 Å². The van der Waals surface area contributed by atoms with Gasteiger partial charge in [-0.3, -0.25) is 4.79 Å². The zero-order valence-electron chi connectivity index (χ0n) is 19.2. The van der Waals surface area contributed by atoms with E-state index in [1.54, 1.807) is 7.11 Å². The van der Waals surface area contributed by atoms with Crippen LogP contribution in [0.2, 0.25) is 0 Å². The van der Waals surface area contributed by atoms with E-state index in [2.05, 4.69) is 44.4 Å².